The third-order valence-electron chi connectivity index (χ3n) is 2.47. The molecule has 0 saturated carbocycles. The van der Waals surface area contributed by atoms with Gasteiger partial charge in [0.05, 0.1) is 11.6 Å². The van der Waals surface area contributed by atoms with E-state index in [1.807, 2.05) is 13.8 Å². The molecule has 0 aliphatic heterocycles. The number of carbonyl (C=O) groups excluding carboxylic acids is 1. The van der Waals surface area contributed by atoms with Gasteiger partial charge in [0.25, 0.3) is 0 Å². The van der Waals surface area contributed by atoms with E-state index in [0.717, 1.165) is 0 Å². The van der Waals surface area contributed by atoms with Crippen molar-refractivity contribution < 1.29 is 14.7 Å². The van der Waals surface area contributed by atoms with Crippen LogP contribution < -0.4 is 11.1 Å². The predicted molar refractivity (Wildman–Crippen MR) is 77.2 cm³/mol. The van der Waals surface area contributed by atoms with Crippen LogP contribution in [0.4, 0.5) is 5.69 Å². The van der Waals surface area contributed by atoms with Crippen LogP contribution in [-0.2, 0) is 4.79 Å². The van der Waals surface area contributed by atoms with Crippen LogP contribution in [-0.4, -0.2) is 23.0 Å². The molecule has 0 aromatic heterocycles. The van der Waals surface area contributed by atoms with Crippen molar-refractivity contribution in [2.24, 2.45) is 11.7 Å². The molecular weight excluding hydrogens is 312 g/mol. The molecule has 0 heterocycles. The summed E-state index contributed by atoms with van der Waals surface area (Å²) in [4.78, 5) is 22.8. The number of amides is 1. The average Bonchev–Trinajstić information content (AvgIpc) is 2.26. The molecule has 0 fully saturated rings. The third kappa shape index (κ3) is 5.00. The second-order valence-electron chi connectivity index (χ2n) is 4.76. The Balaban J connectivity index is 2.82. The zero-order valence-electron chi connectivity index (χ0n) is 10.8. The number of nitrogens with one attached hydrogen (secondary N) is 1. The van der Waals surface area contributed by atoms with E-state index in [-0.39, 0.29) is 11.5 Å². The standard InChI is InChI=1S/C13H17BrN2O3/c1-7(2)3-11(15)12(17)16-10-5-8(13(18)19)4-9(14)6-10/h4-7,11H,3,15H2,1-2H3,(H,16,17)(H,18,19)/t11-/m1/s1. The highest BCUT2D eigenvalue weighted by atomic mass is 79.9. The lowest BCUT2D eigenvalue weighted by Gasteiger charge is -2.14. The quantitative estimate of drug-likeness (QED) is 0.774. The van der Waals surface area contributed by atoms with Crippen molar-refractivity contribution in [1.29, 1.82) is 0 Å². The van der Waals surface area contributed by atoms with Gasteiger partial charge in [0, 0.05) is 10.2 Å². The highest BCUT2D eigenvalue weighted by molar-refractivity contribution is 9.10. The van der Waals surface area contributed by atoms with Crippen LogP contribution >= 0.6 is 15.9 Å². The number of hydrogen-bond acceptors (Lipinski definition) is 3. The molecule has 1 rings (SSSR count). The first-order chi connectivity index (χ1) is 8.79. The SMILES string of the molecule is CC(C)C[C@@H](N)C(=O)Nc1cc(Br)cc(C(=O)O)c1. The molecule has 104 valence electrons. The Bertz CT molecular complexity index is 489. The summed E-state index contributed by atoms with van der Waals surface area (Å²) in [6.45, 7) is 3.96. The highest BCUT2D eigenvalue weighted by Crippen LogP contribution is 2.20. The van der Waals surface area contributed by atoms with Gasteiger partial charge in [0.2, 0.25) is 5.91 Å². The summed E-state index contributed by atoms with van der Waals surface area (Å²) in [7, 11) is 0. The van der Waals surface area contributed by atoms with Crippen LogP contribution in [0, 0.1) is 5.92 Å². The number of nitrogens with two attached hydrogens (primary N) is 1. The first kappa shape index (κ1) is 15.7. The van der Waals surface area contributed by atoms with Crippen LogP contribution in [0.2, 0.25) is 0 Å². The Morgan fingerprint density at radius 3 is 2.53 bits per heavy atom. The average molecular weight is 329 g/mol. The van der Waals surface area contributed by atoms with Gasteiger partial charge in [-0.2, -0.15) is 0 Å². The second kappa shape index (κ2) is 6.68. The fraction of sp³-hybridized carbons (Fsp3) is 0.385. The molecule has 1 atom stereocenters. The molecule has 6 heteroatoms. The van der Waals surface area contributed by atoms with Crippen molar-refractivity contribution in [3.05, 3.63) is 28.2 Å². The summed E-state index contributed by atoms with van der Waals surface area (Å²) in [6, 6.07) is 3.89. The van der Waals surface area contributed by atoms with Gasteiger partial charge in [-0.1, -0.05) is 29.8 Å². The predicted octanol–water partition coefficient (Wildman–Crippen LogP) is 2.46. The van der Waals surface area contributed by atoms with Crippen molar-refractivity contribution >= 4 is 33.5 Å². The molecule has 4 N–H and O–H groups in total. The Hall–Kier alpha value is -1.40. The number of anilines is 1. The molecular formula is C13H17BrN2O3. The highest BCUT2D eigenvalue weighted by Gasteiger charge is 2.16. The minimum absolute atomic E-state index is 0.0992. The lowest BCUT2D eigenvalue weighted by molar-refractivity contribution is -0.117. The van der Waals surface area contributed by atoms with Gasteiger partial charge in [-0.05, 0) is 30.5 Å². The first-order valence-electron chi connectivity index (χ1n) is 5.90. The number of halogens is 1. The Kier molecular flexibility index (Phi) is 5.50. The molecule has 1 aromatic rings. The Morgan fingerprint density at radius 1 is 1.37 bits per heavy atom. The number of benzene rings is 1. The summed E-state index contributed by atoms with van der Waals surface area (Å²) in [6.07, 6.45) is 0.575. The van der Waals surface area contributed by atoms with E-state index in [4.69, 9.17) is 10.8 Å². The van der Waals surface area contributed by atoms with Crippen LogP contribution in [0.1, 0.15) is 30.6 Å². The number of aromatic carboxylic acids is 1. The number of carboxylic acid groups (broad SMARTS) is 1. The van der Waals surface area contributed by atoms with Gasteiger partial charge in [0.1, 0.15) is 0 Å². The lowest BCUT2D eigenvalue weighted by atomic mass is 10.0. The summed E-state index contributed by atoms with van der Waals surface area (Å²) in [5.41, 5.74) is 6.27. The van der Waals surface area contributed by atoms with Crippen LogP contribution in [0.15, 0.2) is 22.7 Å². The van der Waals surface area contributed by atoms with Gasteiger partial charge < -0.3 is 16.2 Å². The summed E-state index contributed by atoms with van der Waals surface area (Å²) in [5.74, 6) is -1.05. The van der Waals surface area contributed by atoms with Crippen LogP contribution in [0.25, 0.3) is 0 Å². The summed E-state index contributed by atoms with van der Waals surface area (Å²) in [5, 5.41) is 11.6. The smallest absolute Gasteiger partial charge is 0.335 e. The fourth-order valence-corrected chi connectivity index (χ4v) is 2.13. The maximum atomic E-state index is 11.8. The third-order valence-corrected chi connectivity index (χ3v) is 2.93. The zero-order valence-corrected chi connectivity index (χ0v) is 12.4. The molecule has 0 spiro atoms. The van der Waals surface area contributed by atoms with Gasteiger partial charge in [-0.25, -0.2) is 4.79 Å². The minimum Gasteiger partial charge on any atom is -0.478 e. The molecule has 5 nitrogen and oxygen atoms in total. The van der Waals surface area contributed by atoms with Crippen molar-refractivity contribution in [3.8, 4) is 0 Å². The van der Waals surface area contributed by atoms with Crippen molar-refractivity contribution in [2.45, 2.75) is 26.3 Å². The zero-order chi connectivity index (χ0) is 14.6. The van der Waals surface area contributed by atoms with E-state index in [2.05, 4.69) is 21.2 Å². The Labute approximate surface area is 120 Å². The molecule has 0 bridgehead atoms. The van der Waals surface area contributed by atoms with Crippen LogP contribution in [0.3, 0.4) is 0 Å². The fourth-order valence-electron chi connectivity index (χ4n) is 1.64. The van der Waals surface area contributed by atoms with E-state index >= 15 is 0 Å². The maximum Gasteiger partial charge on any atom is 0.335 e. The van der Waals surface area contributed by atoms with E-state index in [1.54, 1.807) is 6.07 Å². The molecule has 1 aromatic carbocycles. The Morgan fingerprint density at radius 2 is 2.00 bits per heavy atom. The van der Waals surface area contributed by atoms with E-state index < -0.39 is 12.0 Å². The first-order valence-corrected chi connectivity index (χ1v) is 6.69. The second-order valence-corrected chi connectivity index (χ2v) is 5.67. The number of hydrogen-bond donors (Lipinski definition) is 3. The topological polar surface area (TPSA) is 92.4 Å². The van der Waals surface area contributed by atoms with E-state index in [1.165, 1.54) is 12.1 Å². The number of rotatable bonds is 5. The van der Waals surface area contributed by atoms with Crippen molar-refractivity contribution in [1.82, 2.24) is 0 Å². The van der Waals surface area contributed by atoms with E-state index in [0.29, 0.717) is 22.5 Å². The maximum absolute atomic E-state index is 11.8. The van der Waals surface area contributed by atoms with E-state index in [9.17, 15) is 9.59 Å². The normalized spacial score (nSPS) is 12.3. The van der Waals surface area contributed by atoms with Crippen molar-refractivity contribution in [2.75, 3.05) is 5.32 Å². The van der Waals surface area contributed by atoms with Gasteiger partial charge in [0.15, 0.2) is 0 Å². The molecule has 0 aliphatic rings. The number of carbonyl (C=O) groups is 2. The molecule has 0 radical (unpaired) electrons. The molecule has 19 heavy (non-hydrogen) atoms. The largest absolute Gasteiger partial charge is 0.478 e. The minimum atomic E-state index is -1.05. The molecule has 0 aliphatic carbocycles. The summed E-state index contributed by atoms with van der Waals surface area (Å²) < 4.78 is 0.583. The van der Waals surface area contributed by atoms with Crippen LogP contribution in [0.5, 0.6) is 0 Å². The molecule has 0 unspecified atom stereocenters. The molecule has 1 amide bonds. The van der Waals surface area contributed by atoms with Gasteiger partial charge in [-0.3, -0.25) is 4.79 Å². The summed E-state index contributed by atoms with van der Waals surface area (Å²) >= 11 is 3.20. The van der Waals surface area contributed by atoms with Gasteiger partial charge in [-0.15, -0.1) is 0 Å². The number of carboxylic acids is 1. The van der Waals surface area contributed by atoms with Gasteiger partial charge >= 0.3 is 5.97 Å². The molecule has 0 saturated heterocycles. The monoisotopic (exact) mass is 328 g/mol. The van der Waals surface area contributed by atoms with Crippen molar-refractivity contribution in [3.63, 3.8) is 0 Å². The lowest BCUT2D eigenvalue weighted by Crippen LogP contribution is -2.36.